The summed E-state index contributed by atoms with van der Waals surface area (Å²) in [6, 6.07) is 10.6. The molecular weight excluding hydrogens is 548 g/mol. The summed E-state index contributed by atoms with van der Waals surface area (Å²) in [4.78, 5) is 45.2. The predicted octanol–water partition coefficient (Wildman–Crippen LogP) is 5.45. The summed E-state index contributed by atoms with van der Waals surface area (Å²) < 4.78 is 22.0. The minimum Gasteiger partial charge on any atom is -0.507 e. The number of aliphatic hydroxyl groups is 1. The van der Waals surface area contributed by atoms with Crippen molar-refractivity contribution >= 4 is 39.9 Å². The van der Waals surface area contributed by atoms with Crippen molar-refractivity contribution in [2.24, 2.45) is 0 Å². The van der Waals surface area contributed by atoms with Crippen LogP contribution in [0.1, 0.15) is 59.7 Å². The molecule has 1 aliphatic heterocycles. The molecule has 1 atom stereocenters. The standard InChI is InChI=1S/C30H32N2O8S/c1-6-15-40-20-12-9-18(10-13-20)25(33)23-24(19-11-14-21(38-7-2)22(16-19)39-8-3)32(28(35)26(23)34)30-31-17(4)27(41-30)29(36)37-5/h9-14,16,24,33H,6-8,15H2,1-5H3/b25-23+. The number of anilines is 1. The average molecular weight is 581 g/mol. The van der Waals surface area contributed by atoms with Gasteiger partial charge in [-0.3, -0.25) is 14.5 Å². The smallest absolute Gasteiger partial charge is 0.350 e. The lowest BCUT2D eigenvalue weighted by Gasteiger charge is -2.24. The summed E-state index contributed by atoms with van der Waals surface area (Å²) >= 11 is 0.929. The fraction of sp³-hybridized carbons (Fsp3) is 0.333. The number of aliphatic hydroxyl groups excluding tert-OH is 1. The van der Waals surface area contributed by atoms with Gasteiger partial charge in [0.05, 0.1) is 44.2 Å². The van der Waals surface area contributed by atoms with E-state index < -0.39 is 23.7 Å². The molecule has 0 radical (unpaired) electrons. The van der Waals surface area contributed by atoms with Gasteiger partial charge in [-0.05, 0) is 69.2 Å². The van der Waals surface area contributed by atoms with Crippen molar-refractivity contribution in [2.75, 3.05) is 31.8 Å². The SMILES string of the molecule is CCCOc1ccc(/C(O)=C2\C(=O)C(=O)N(c3nc(C)c(C(=O)OC)s3)C2c2ccc(OCC)c(OCC)c2)cc1. The van der Waals surface area contributed by atoms with Crippen LogP contribution in [-0.2, 0) is 14.3 Å². The molecule has 10 nitrogen and oxygen atoms in total. The number of hydrogen-bond acceptors (Lipinski definition) is 10. The number of aromatic nitrogens is 1. The Labute approximate surface area is 242 Å². The molecule has 4 rings (SSSR count). The number of benzene rings is 2. The lowest BCUT2D eigenvalue weighted by Crippen LogP contribution is -2.29. The summed E-state index contributed by atoms with van der Waals surface area (Å²) in [6.07, 6.45) is 0.838. The first kappa shape index (κ1) is 29.6. The molecule has 0 saturated carbocycles. The van der Waals surface area contributed by atoms with E-state index in [-0.39, 0.29) is 21.3 Å². The fourth-order valence-corrected chi connectivity index (χ4v) is 5.45. The largest absolute Gasteiger partial charge is 0.507 e. The van der Waals surface area contributed by atoms with Crippen molar-refractivity contribution in [2.45, 2.75) is 40.2 Å². The van der Waals surface area contributed by atoms with Crippen molar-refractivity contribution in [1.29, 1.82) is 0 Å². The van der Waals surface area contributed by atoms with E-state index in [1.807, 2.05) is 20.8 Å². The third-order valence-electron chi connectivity index (χ3n) is 6.29. The zero-order chi connectivity index (χ0) is 29.7. The minimum atomic E-state index is -1.07. The van der Waals surface area contributed by atoms with Crippen LogP contribution in [0.25, 0.3) is 5.76 Å². The van der Waals surface area contributed by atoms with Gasteiger partial charge < -0.3 is 24.1 Å². The average Bonchev–Trinajstić information content (AvgIpc) is 3.48. The fourth-order valence-electron chi connectivity index (χ4n) is 4.43. The third-order valence-corrected chi connectivity index (χ3v) is 7.43. The second kappa shape index (κ2) is 12.9. The molecule has 0 bridgehead atoms. The number of hydrogen-bond donors (Lipinski definition) is 1. The summed E-state index contributed by atoms with van der Waals surface area (Å²) in [5.74, 6) is -1.22. The Balaban J connectivity index is 1.90. The highest BCUT2D eigenvalue weighted by Gasteiger charge is 2.48. The molecule has 41 heavy (non-hydrogen) atoms. The number of Topliss-reactive ketones (excluding diaryl/α,β-unsaturated/α-hetero) is 1. The number of carbonyl (C=O) groups is 3. The maximum atomic E-state index is 13.6. The number of thiazole rings is 1. The molecule has 1 amide bonds. The van der Waals surface area contributed by atoms with Gasteiger partial charge >= 0.3 is 11.9 Å². The monoisotopic (exact) mass is 580 g/mol. The van der Waals surface area contributed by atoms with Crippen LogP contribution in [0.3, 0.4) is 0 Å². The Morgan fingerprint density at radius 1 is 1.00 bits per heavy atom. The Kier molecular flexibility index (Phi) is 9.28. The molecule has 2 aromatic carbocycles. The van der Waals surface area contributed by atoms with E-state index in [0.29, 0.717) is 53.9 Å². The zero-order valence-electron chi connectivity index (χ0n) is 23.6. The topological polar surface area (TPSA) is 124 Å². The molecule has 0 aliphatic carbocycles. The number of ether oxygens (including phenoxy) is 4. The molecule has 1 fully saturated rings. The van der Waals surface area contributed by atoms with Gasteiger partial charge in [0.2, 0.25) is 0 Å². The predicted molar refractivity (Wildman–Crippen MR) is 154 cm³/mol. The van der Waals surface area contributed by atoms with Crippen LogP contribution in [-0.4, -0.2) is 54.7 Å². The number of nitrogens with zero attached hydrogens (tertiary/aromatic N) is 2. The van der Waals surface area contributed by atoms with Crippen molar-refractivity contribution in [3.63, 3.8) is 0 Å². The number of carbonyl (C=O) groups excluding carboxylic acids is 3. The van der Waals surface area contributed by atoms with E-state index in [1.165, 1.54) is 12.0 Å². The first-order valence-corrected chi connectivity index (χ1v) is 14.1. The van der Waals surface area contributed by atoms with E-state index in [1.54, 1.807) is 49.4 Å². The van der Waals surface area contributed by atoms with Crippen LogP contribution < -0.4 is 19.1 Å². The molecule has 1 unspecified atom stereocenters. The Morgan fingerprint density at radius 3 is 2.32 bits per heavy atom. The van der Waals surface area contributed by atoms with Gasteiger partial charge in [0, 0.05) is 5.56 Å². The van der Waals surface area contributed by atoms with Crippen LogP contribution in [0.4, 0.5) is 5.13 Å². The van der Waals surface area contributed by atoms with Gasteiger partial charge in [-0.15, -0.1) is 0 Å². The van der Waals surface area contributed by atoms with Crippen molar-refractivity contribution in [1.82, 2.24) is 4.98 Å². The first-order valence-electron chi connectivity index (χ1n) is 13.2. The van der Waals surface area contributed by atoms with Gasteiger partial charge in [-0.1, -0.05) is 24.3 Å². The number of ketones is 1. The molecule has 1 aliphatic rings. The van der Waals surface area contributed by atoms with Gasteiger partial charge in [-0.25, -0.2) is 9.78 Å². The lowest BCUT2D eigenvalue weighted by atomic mass is 9.95. The Morgan fingerprint density at radius 2 is 1.68 bits per heavy atom. The molecule has 1 saturated heterocycles. The van der Waals surface area contributed by atoms with Gasteiger partial charge in [0.1, 0.15) is 16.4 Å². The summed E-state index contributed by atoms with van der Waals surface area (Å²) in [6.45, 7) is 8.58. The Bertz CT molecular complexity index is 1480. The molecule has 3 aromatic rings. The molecule has 0 spiro atoms. The molecular formula is C30H32N2O8S. The van der Waals surface area contributed by atoms with Crippen molar-refractivity contribution in [3.8, 4) is 17.2 Å². The minimum absolute atomic E-state index is 0.115. The van der Waals surface area contributed by atoms with E-state index in [2.05, 4.69) is 4.98 Å². The number of esters is 1. The molecule has 1 aromatic heterocycles. The zero-order valence-corrected chi connectivity index (χ0v) is 24.4. The number of methoxy groups -OCH3 is 1. The van der Waals surface area contributed by atoms with E-state index in [4.69, 9.17) is 18.9 Å². The maximum Gasteiger partial charge on any atom is 0.350 e. The van der Waals surface area contributed by atoms with E-state index >= 15 is 0 Å². The molecule has 1 N–H and O–H groups in total. The number of amides is 1. The Hall–Kier alpha value is -4.38. The highest BCUT2D eigenvalue weighted by molar-refractivity contribution is 7.17. The van der Waals surface area contributed by atoms with Crippen LogP contribution in [0.5, 0.6) is 17.2 Å². The van der Waals surface area contributed by atoms with Crippen LogP contribution >= 0.6 is 11.3 Å². The molecule has 216 valence electrons. The summed E-state index contributed by atoms with van der Waals surface area (Å²) in [5.41, 5.74) is 1.03. The van der Waals surface area contributed by atoms with Gasteiger partial charge in [-0.2, -0.15) is 0 Å². The van der Waals surface area contributed by atoms with Crippen molar-refractivity contribution < 1.29 is 38.4 Å². The molecule has 2 heterocycles. The van der Waals surface area contributed by atoms with E-state index in [0.717, 1.165) is 17.8 Å². The number of aryl methyl sites for hydroxylation is 1. The second-order valence-corrected chi connectivity index (χ2v) is 9.99. The number of rotatable bonds is 11. The highest BCUT2D eigenvalue weighted by atomic mass is 32.1. The van der Waals surface area contributed by atoms with Crippen molar-refractivity contribution in [3.05, 3.63) is 69.7 Å². The molecule has 11 heteroatoms. The quantitative estimate of drug-likeness (QED) is 0.136. The highest BCUT2D eigenvalue weighted by Crippen LogP contribution is 2.45. The third kappa shape index (κ3) is 5.90. The van der Waals surface area contributed by atoms with Crippen LogP contribution in [0.15, 0.2) is 48.0 Å². The second-order valence-electron chi connectivity index (χ2n) is 9.02. The summed E-state index contributed by atoms with van der Waals surface area (Å²) in [7, 11) is 1.25. The summed E-state index contributed by atoms with van der Waals surface area (Å²) in [5, 5.41) is 11.6. The normalized spacial score (nSPS) is 16.1. The van der Waals surface area contributed by atoms with Crippen LogP contribution in [0, 0.1) is 6.92 Å². The van der Waals surface area contributed by atoms with Gasteiger partial charge in [0.15, 0.2) is 16.6 Å². The first-order chi connectivity index (χ1) is 19.7. The maximum absolute atomic E-state index is 13.6. The van der Waals surface area contributed by atoms with Gasteiger partial charge in [0.25, 0.3) is 5.78 Å². The van der Waals surface area contributed by atoms with E-state index in [9.17, 15) is 19.5 Å². The lowest BCUT2D eigenvalue weighted by molar-refractivity contribution is -0.132. The van der Waals surface area contributed by atoms with Crippen LogP contribution in [0.2, 0.25) is 0 Å².